The Bertz CT molecular complexity index is 373. The Hall–Kier alpha value is -1.30. The Kier molecular flexibility index (Phi) is 3.23. The van der Waals surface area contributed by atoms with Crippen LogP contribution in [0.15, 0.2) is 5.16 Å². The molecule has 0 bridgehead atoms. The number of amidine groups is 1. The highest BCUT2D eigenvalue weighted by Gasteiger charge is 2.49. The van der Waals surface area contributed by atoms with E-state index in [0.717, 1.165) is 12.8 Å². The van der Waals surface area contributed by atoms with E-state index < -0.39 is 11.0 Å². The number of likely N-dealkylation sites (tertiary alicyclic amines) is 1. The lowest BCUT2D eigenvalue weighted by molar-refractivity contribution is -0.138. The van der Waals surface area contributed by atoms with Crippen molar-refractivity contribution in [1.82, 2.24) is 4.90 Å². The summed E-state index contributed by atoms with van der Waals surface area (Å²) in [4.78, 5) is 14.2. The summed E-state index contributed by atoms with van der Waals surface area (Å²) in [5, 5.41) is 21.9. The van der Waals surface area contributed by atoms with E-state index in [2.05, 4.69) is 5.16 Å². The zero-order valence-electron chi connectivity index (χ0n) is 10.7. The second kappa shape index (κ2) is 4.42. The number of hydrogen-bond acceptors (Lipinski definition) is 4. The quantitative estimate of drug-likeness (QED) is 0.285. The predicted octanol–water partition coefficient (Wildman–Crippen LogP) is 0.276. The average Bonchev–Trinajstić information content (AvgIpc) is 2.94. The predicted molar refractivity (Wildman–Crippen MR) is 66.1 cm³/mol. The fraction of sp³-hybridized carbons (Fsp3) is 0.833. The van der Waals surface area contributed by atoms with Crippen LogP contribution in [0.1, 0.15) is 39.0 Å². The first-order valence-corrected chi connectivity index (χ1v) is 6.41. The summed E-state index contributed by atoms with van der Waals surface area (Å²) in [6, 6.07) is 0. The molecule has 2 rings (SSSR count). The van der Waals surface area contributed by atoms with Crippen molar-refractivity contribution in [3.8, 4) is 0 Å². The first-order chi connectivity index (χ1) is 8.41. The highest BCUT2D eigenvalue weighted by Crippen LogP contribution is 2.41. The molecule has 0 radical (unpaired) electrons. The van der Waals surface area contributed by atoms with E-state index in [-0.39, 0.29) is 11.7 Å². The highest BCUT2D eigenvalue weighted by molar-refractivity contribution is 6.07. The third kappa shape index (κ3) is 2.05. The molecule has 1 amide bonds. The largest absolute Gasteiger partial charge is 0.409 e. The molecule has 1 saturated heterocycles. The molecule has 0 aromatic carbocycles. The molecule has 2 aliphatic rings. The minimum absolute atomic E-state index is 0.0107. The van der Waals surface area contributed by atoms with Gasteiger partial charge in [-0.3, -0.25) is 4.79 Å². The highest BCUT2D eigenvalue weighted by atomic mass is 16.4. The molecule has 1 saturated carbocycles. The molecule has 6 nitrogen and oxygen atoms in total. The van der Waals surface area contributed by atoms with Crippen molar-refractivity contribution >= 4 is 11.7 Å². The van der Waals surface area contributed by atoms with Crippen molar-refractivity contribution in [1.29, 1.82) is 0 Å². The van der Waals surface area contributed by atoms with Crippen molar-refractivity contribution < 1.29 is 15.1 Å². The van der Waals surface area contributed by atoms with Gasteiger partial charge in [-0.05, 0) is 26.2 Å². The Morgan fingerprint density at radius 3 is 2.39 bits per heavy atom. The van der Waals surface area contributed by atoms with Gasteiger partial charge in [0, 0.05) is 13.1 Å². The molecule has 102 valence electrons. The lowest BCUT2D eigenvalue weighted by Gasteiger charge is -2.31. The van der Waals surface area contributed by atoms with E-state index >= 15 is 0 Å². The molecule has 18 heavy (non-hydrogen) atoms. The zero-order valence-corrected chi connectivity index (χ0v) is 10.7. The van der Waals surface area contributed by atoms with Gasteiger partial charge in [0.05, 0.1) is 5.60 Å². The van der Waals surface area contributed by atoms with Crippen molar-refractivity contribution in [2.24, 2.45) is 16.3 Å². The zero-order chi connectivity index (χ0) is 13.4. The Morgan fingerprint density at radius 2 is 1.94 bits per heavy atom. The molecule has 2 fully saturated rings. The maximum absolute atomic E-state index is 12.6. The molecule has 1 atom stereocenters. The summed E-state index contributed by atoms with van der Waals surface area (Å²) >= 11 is 0. The number of β-amino-alcohol motifs (C(OH)–C–C–N with tert-alkyl or cyclic N) is 1. The second-order valence-corrected chi connectivity index (χ2v) is 5.75. The smallest absolute Gasteiger partial charge is 0.236 e. The Balaban J connectivity index is 2.20. The second-order valence-electron chi connectivity index (χ2n) is 5.75. The molecule has 1 aliphatic heterocycles. The van der Waals surface area contributed by atoms with Crippen molar-refractivity contribution in [2.45, 2.75) is 44.6 Å². The third-order valence-corrected chi connectivity index (χ3v) is 4.20. The van der Waals surface area contributed by atoms with E-state index in [0.29, 0.717) is 32.4 Å². The molecular formula is C12H21N3O3. The number of nitrogens with two attached hydrogens (primary N) is 1. The van der Waals surface area contributed by atoms with Crippen molar-refractivity contribution in [3.05, 3.63) is 0 Å². The van der Waals surface area contributed by atoms with Crippen LogP contribution in [0.25, 0.3) is 0 Å². The number of hydrogen-bond donors (Lipinski definition) is 3. The van der Waals surface area contributed by atoms with Crippen LogP contribution in [0.4, 0.5) is 0 Å². The molecular weight excluding hydrogens is 234 g/mol. The van der Waals surface area contributed by atoms with Crippen LogP contribution in [-0.4, -0.2) is 45.6 Å². The number of rotatable bonds is 2. The molecule has 1 aliphatic carbocycles. The van der Waals surface area contributed by atoms with Gasteiger partial charge in [0.1, 0.15) is 5.41 Å². The van der Waals surface area contributed by atoms with Gasteiger partial charge in [0.25, 0.3) is 0 Å². The molecule has 0 aromatic rings. The first kappa shape index (κ1) is 13.1. The van der Waals surface area contributed by atoms with E-state index in [1.165, 1.54) is 0 Å². The molecule has 0 spiro atoms. The van der Waals surface area contributed by atoms with E-state index in [1.54, 1.807) is 11.8 Å². The maximum Gasteiger partial charge on any atom is 0.236 e. The minimum Gasteiger partial charge on any atom is -0.409 e. The van der Waals surface area contributed by atoms with Crippen LogP contribution in [0, 0.1) is 5.41 Å². The number of carbonyl (C=O) groups excluding carboxylic acids is 1. The molecule has 1 heterocycles. The standard InChI is InChI=1S/C12H21N3O3/c1-11(17)6-7-15(8-11)10(16)12(9(13)14-18)4-2-3-5-12/h17-18H,2-8H2,1H3,(H2,13,14). The van der Waals surface area contributed by atoms with E-state index in [9.17, 15) is 9.90 Å². The SMILES string of the molecule is CC1(O)CCN(C(=O)C2(C(N)=NO)CCCC2)C1. The maximum atomic E-state index is 12.6. The van der Waals surface area contributed by atoms with Gasteiger partial charge in [0.15, 0.2) is 5.84 Å². The van der Waals surface area contributed by atoms with Crippen LogP contribution in [-0.2, 0) is 4.79 Å². The number of amides is 1. The fourth-order valence-corrected chi connectivity index (χ4v) is 3.07. The van der Waals surface area contributed by atoms with Crippen LogP contribution < -0.4 is 5.73 Å². The van der Waals surface area contributed by atoms with Gasteiger partial charge in [-0.15, -0.1) is 0 Å². The molecule has 0 aromatic heterocycles. The van der Waals surface area contributed by atoms with Gasteiger partial charge in [0.2, 0.25) is 5.91 Å². The first-order valence-electron chi connectivity index (χ1n) is 6.41. The summed E-state index contributed by atoms with van der Waals surface area (Å²) in [6.45, 7) is 2.59. The molecule has 6 heteroatoms. The van der Waals surface area contributed by atoms with E-state index in [1.807, 2.05) is 0 Å². The summed E-state index contributed by atoms with van der Waals surface area (Å²) < 4.78 is 0. The molecule has 4 N–H and O–H groups in total. The van der Waals surface area contributed by atoms with Crippen LogP contribution in [0.3, 0.4) is 0 Å². The summed E-state index contributed by atoms with van der Waals surface area (Å²) in [6.07, 6.45) is 3.64. The molecule has 1 unspecified atom stereocenters. The number of carbonyl (C=O) groups is 1. The monoisotopic (exact) mass is 255 g/mol. The Morgan fingerprint density at radius 1 is 1.33 bits per heavy atom. The van der Waals surface area contributed by atoms with Gasteiger partial charge in [-0.2, -0.15) is 0 Å². The summed E-state index contributed by atoms with van der Waals surface area (Å²) in [7, 11) is 0. The lowest BCUT2D eigenvalue weighted by atomic mass is 9.83. The van der Waals surface area contributed by atoms with Crippen LogP contribution in [0.2, 0.25) is 0 Å². The number of nitrogens with zero attached hydrogens (tertiary/aromatic N) is 2. The minimum atomic E-state index is -0.852. The van der Waals surface area contributed by atoms with Crippen molar-refractivity contribution in [3.63, 3.8) is 0 Å². The number of aliphatic hydroxyl groups is 1. The van der Waals surface area contributed by atoms with Gasteiger partial charge >= 0.3 is 0 Å². The van der Waals surface area contributed by atoms with Crippen LogP contribution >= 0.6 is 0 Å². The number of oxime groups is 1. The topological polar surface area (TPSA) is 99.2 Å². The van der Waals surface area contributed by atoms with Gasteiger partial charge in [-0.1, -0.05) is 18.0 Å². The van der Waals surface area contributed by atoms with Crippen molar-refractivity contribution in [2.75, 3.05) is 13.1 Å². The van der Waals surface area contributed by atoms with Gasteiger partial charge in [-0.25, -0.2) is 0 Å². The normalized spacial score (nSPS) is 31.9. The fourth-order valence-electron chi connectivity index (χ4n) is 3.07. The van der Waals surface area contributed by atoms with Crippen LogP contribution in [0.5, 0.6) is 0 Å². The summed E-state index contributed by atoms with van der Waals surface area (Å²) in [5.41, 5.74) is 4.07. The Labute approximate surface area is 106 Å². The third-order valence-electron chi connectivity index (χ3n) is 4.20. The van der Waals surface area contributed by atoms with E-state index in [4.69, 9.17) is 10.9 Å². The average molecular weight is 255 g/mol. The van der Waals surface area contributed by atoms with Gasteiger partial charge < -0.3 is 20.9 Å². The lowest BCUT2D eigenvalue weighted by Crippen LogP contribution is -2.50. The summed E-state index contributed by atoms with van der Waals surface area (Å²) in [5.74, 6) is -0.0929.